The molecule has 3 heterocycles. The maximum absolute atomic E-state index is 9.73. The van der Waals surface area contributed by atoms with Gasteiger partial charge in [-0.05, 0) is 47.4 Å². The first-order valence-electron chi connectivity index (χ1n) is 11.2. The van der Waals surface area contributed by atoms with Gasteiger partial charge in [0.1, 0.15) is 0 Å². The van der Waals surface area contributed by atoms with Crippen LogP contribution in [0.4, 0.5) is 0 Å². The minimum atomic E-state index is -0.104. The topological polar surface area (TPSA) is 83.2 Å². The Balaban J connectivity index is 1.44. The molecule has 8 nitrogen and oxygen atoms in total. The molecule has 0 radical (unpaired) electrons. The van der Waals surface area contributed by atoms with Gasteiger partial charge in [0.25, 0.3) is 0 Å². The summed E-state index contributed by atoms with van der Waals surface area (Å²) in [6.45, 7) is 4.77. The Morgan fingerprint density at radius 1 is 0.968 bits per heavy atom. The van der Waals surface area contributed by atoms with Crippen molar-refractivity contribution in [3.63, 3.8) is 0 Å². The standard InChI is InChI=1S/C23H29N7O/c31-21-11-10-19(16-24-21)22(29-13-5-12-28(14-15-29)20-8-4-9-20)23-25-26-27-30(23)17-18-6-2-1-3-7-18/h1-3,6-7,10-11,16,20,22H,4-5,8-9,12-15,17H2,(H,24,31). The zero-order chi connectivity index (χ0) is 21.0. The van der Waals surface area contributed by atoms with Crippen molar-refractivity contribution in [2.24, 2.45) is 0 Å². The summed E-state index contributed by atoms with van der Waals surface area (Å²) < 4.78 is 1.89. The van der Waals surface area contributed by atoms with Crippen LogP contribution in [-0.2, 0) is 6.54 Å². The number of hydrogen-bond donors (Lipinski definition) is 1. The van der Waals surface area contributed by atoms with Gasteiger partial charge >= 0.3 is 0 Å². The van der Waals surface area contributed by atoms with Gasteiger partial charge in [0, 0.05) is 37.9 Å². The molecule has 31 heavy (non-hydrogen) atoms. The van der Waals surface area contributed by atoms with Crippen molar-refractivity contribution in [2.75, 3.05) is 26.2 Å². The maximum Gasteiger partial charge on any atom is 0.210 e. The predicted molar refractivity (Wildman–Crippen MR) is 117 cm³/mol. The van der Waals surface area contributed by atoms with Crippen LogP contribution in [0.2, 0.25) is 0 Å². The normalized spacial score (nSPS) is 19.6. The lowest BCUT2D eigenvalue weighted by Crippen LogP contribution is -2.42. The highest BCUT2D eigenvalue weighted by molar-refractivity contribution is 5.26. The van der Waals surface area contributed by atoms with Crippen molar-refractivity contribution in [1.29, 1.82) is 0 Å². The van der Waals surface area contributed by atoms with E-state index < -0.39 is 0 Å². The summed E-state index contributed by atoms with van der Waals surface area (Å²) in [4.78, 5) is 9.28. The van der Waals surface area contributed by atoms with Crippen molar-refractivity contribution in [3.05, 3.63) is 65.6 Å². The summed E-state index contributed by atoms with van der Waals surface area (Å²) in [6.07, 6.45) is 6.90. The lowest BCUT2D eigenvalue weighted by Gasteiger charge is -2.37. The minimum Gasteiger partial charge on any atom is -0.493 e. The highest BCUT2D eigenvalue weighted by Gasteiger charge is 2.32. The summed E-state index contributed by atoms with van der Waals surface area (Å²) >= 11 is 0. The smallest absolute Gasteiger partial charge is 0.210 e. The van der Waals surface area contributed by atoms with Crippen molar-refractivity contribution in [3.8, 4) is 5.88 Å². The van der Waals surface area contributed by atoms with Gasteiger partial charge in [-0.2, -0.15) is 0 Å². The van der Waals surface area contributed by atoms with Crippen LogP contribution in [0, 0.1) is 0 Å². The van der Waals surface area contributed by atoms with E-state index >= 15 is 0 Å². The second-order valence-electron chi connectivity index (χ2n) is 8.54. The summed E-state index contributed by atoms with van der Waals surface area (Å²) in [5, 5.41) is 22.5. The van der Waals surface area contributed by atoms with Crippen LogP contribution >= 0.6 is 0 Å². The lowest BCUT2D eigenvalue weighted by molar-refractivity contribution is 0.127. The van der Waals surface area contributed by atoms with Crippen molar-refractivity contribution in [2.45, 2.75) is 44.3 Å². The van der Waals surface area contributed by atoms with Gasteiger partial charge in [-0.25, -0.2) is 9.67 Å². The number of tetrazole rings is 1. The molecule has 1 N–H and O–H groups in total. The number of benzene rings is 1. The molecule has 1 saturated heterocycles. The molecule has 1 saturated carbocycles. The van der Waals surface area contributed by atoms with Crippen molar-refractivity contribution in [1.82, 2.24) is 35.0 Å². The first-order valence-corrected chi connectivity index (χ1v) is 11.2. The third-order valence-corrected chi connectivity index (χ3v) is 6.59. The Bertz CT molecular complexity index is 971. The van der Waals surface area contributed by atoms with Crippen LogP contribution in [0.3, 0.4) is 0 Å². The van der Waals surface area contributed by atoms with Crippen LogP contribution in [0.1, 0.15) is 48.7 Å². The molecule has 0 bridgehead atoms. The lowest BCUT2D eigenvalue weighted by atomic mass is 9.91. The van der Waals surface area contributed by atoms with Crippen molar-refractivity contribution >= 4 is 0 Å². The zero-order valence-corrected chi connectivity index (χ0v) is 17.7. The number of aromatic hydroxyl groups is 1. The quantitative estimate of drug-likeness (QED) is 0.657. The van der Waals surface area contributed by atoms with E-state index in [-0.39, 0.29) is 11.9 Å². The van der Waals surface area contributed by atoms with Crippen LogP contribution in [0.15, 0.2) is 48.7 Å². The number of hydrogen-bond acceptors (Lipinski definition) is 7. The van der Waals surface area contributed by atoms with E-state index in [1.807, 2.05) is 28.9 Å². The van der Waals surface area contributed by atoms with Crippen LogP contribution in [0.5, 0.6) is 5.88 Å². The second kappa shape index (κ2) is 9.11. The monoisotopic (exact) mass is 419 g/mol. The van der Waals surface area contributed by atoms with Gasteiger partial charge in [0.2, 0.25) is 5.88 Å². The minimum absolute atomic E-state index is 0.0263. The van der Waals surface area contributed by atoms with Crippen molar-refractivity contribution < 1.29 is 5.11 Å². The average Bonchev–Trinajstić information content (AvgIpc) is 3.06. The molecular weight excluding hydrogens is 390 g/mol. The summed E-state index contributed by atoms with van der Waals surface area (Å²) in [7, 11) is 0. The van der Waals surface area contributed by atoms with Crippen LogP contribution in [-0.4, -0.2) is 72.3 Å². The third-order valence-electron chi connectivity index (χ3n) is 6.59. The highest BCUT2D eigenvalue weighted by Crippen LogP contribution is 2.31. The Morgan fingerprint density at radius 3 is 2.58 bits per heavy atom. The Morgan fingerprint density at radius 2 is 1.84 bits per heavy atom. The molecule has 3 aromatic rings. The predicted octanol–water partition coefficient (Wildman–Crippen LogP) is 2.47. The van der Waals surface area contributed by atoms with Gasteiger partial charge in [0.05, 0.1) is 12.6 Å². The first-order chi connectivity index (χ1) is 15.3. The van der Waals surface area contributed by atoms with E-state index in [0.29, 0.717) is 6.54 Å². The first kappa shape index (κ1) is 20.1. The van der Waals surface area contributed by atoms with Crippen LogP contribution < -0.4 is 0 Å². The molecule has 0 amide bonds. The Labute approximate surface area is 182 Å². The van der Waals surface area contributed by atoms with Gasteiger partial charge in [-0.3, -0.25) is 9.80 Å². The molecule has 162 valence electrons. The number of aromatic nitrogens is 5. The Hall–Kier alpha value is -2.84. The number of pyridine rings is 1. The highest BCUT2D eigenvalue weighted by atomic mass is 16.3. The summed E-state index contributed by atoms with van der Waals surface area (Å²) in [5.41, 5.74) is 2.16. The largest absolute Gasteiger partial charge is 0.493 e. The summed E-state index contributed by atoms with van der Waals surface area (Å²) in [5.74, 6) is 0.840. The maximum atomic E-state index is 9.73. The van der Waals surface area contributed by atoms with E-state index in [1.54, 1.807) is 12.3 Å². The molecule has 1 atom stereocenters. The second-order valence-corrected chi connectivity index (χ2v) is 8.54. The fourth-order valence-electron chi connectivity index (χ4n) is 4.69. The van der Waals surface area contributed by atoms with E-state index in [4.69, 9.17) is 0 Å². The molecule has 1 aliphatic heterocycles. The molecule has 1 aromatic carbocycles. The van der Waals surface area contributed by atoms with Gasteiger partial charge in [-0.15, -0.1) is 5.10 Å². The average molecular weight is 420 g/mol. The third kappa shape index (κ3) is 4.45. The van der Waals surface area contributed by atoms with E-state index in [9.17, 15) is 5.11 Å². The summed E-state index contributed by atoms with van der Waals surface area (Å²) in [6, 6.07) is 14.5. The molecule has 2 aromatic heterocycles. The zero-order valence-electron chi connectivity index (χ0n) is 17.7. The fourth-order valence-corrected chi connectivity index (χ4v) is 4.69. The molecule has 2 fully saturated rings. The van der Waals surface area contributed by atoms with Crippen LogP contribution in [0.25, 0.3) is 0 Å². The Kier molecular flexibility index (Phi) is 5.90. The number of nitrogens with zero attached hydrogens (tertiary/aromatic N) is 7. The van der Waals surface area contributed by atoms with E-state index in [0.717, 1.165) is 55.6 Å². The molecule has 1 unspecified atom stereocenters. The molecule has 1 aliphatic carbocycles. The molecule has 0 spiro atoms. The van der Waals surface area contributed by atoms with Gasteiger partial charge in [-0.1, -0.05) is 42.8 Å². The van der Waals surface area contributed by atoms with E-state index in [2.05, 4.69) is 42.4 Å². The van der Waals surface area contributed by atoms with Gasteiger partial charge < -0.3 is 5.11 Å². The number of rotatable bonds is 6. The molecule has 8 heteroatoms. The fraction of sp³-hybridized carbons (Fsp3) is 0.478. The molecule has 2 aliphatic rings. The SMILES string of the molecule is Oc1ccc(C(c2nnnn2Cc2ccccc2)N2CCCN(C3CCC3)CC2)cn1. The molecule has 5 rings (SSSR count). The van der Waals surface area contributed by atoms with E-state index in [1.165, 1.54) is 19.3 Å². The molecular formula is C23H29N7O. The van der Waals surface area contributed by atoms with Gasteiger partial charge in [0.15, 0.2) is 5.82 Å².